The standard InChI is InChI=1S/C9H14N.Li/c1-2-3-4-7-10-8-5-6-9-10;/h5-6,8-9H,1-4,7H2;/q-1;+1. The van der Waals surface area contributed by atoms with Crippen molar-refractivity contribution in [3.8, 4) is 0 Å². The molecular weight excluding hydrogens is 129 g/mol. The van der Waals surface area contributed by atoms with Crippen LogP contribution in [0.3, 0.4) is 0 Å². The maximum Gasteiger partial charge on any atom is 1.00 e. The molecule has 1 nitrogen and oxygen atoms in total. The van der Waals surface area contributed by atoms with E-state index in [1.807, 2.05) is 0 Å². The van der Waals surface area contributed by atoms with E-state index < -0.39 is 0 Å². The monoisotopic (exact) mass is 143 g/mol. The van der Waals surface area contributed by atoms with Crippen molar-refractivity contribution in [2.24, 2.45) is 0 Å². The molecule has 0 saturated carbocycles. The third-order valence-electron chi connectivity index (χ3n) is 1.58. The molecule has 2 heteroatoms. The number of aryl methyl sites for hydroxylation is 1. The van der Waals surface area contributed by atoms with Crippen molar-refractivity contribution in [1.82, 2.24) is 4.57 Å². The zero-order valence-electron chi connectivity index (χ0n) is 7.29. The summed E-state index contributed by atoms with van der Waals surface area (Å²) in [6.45, 7) is 4.94. The molecule has 0 aliphatic rings. The summed E-state index contributed by atoms with van der Waals surface area (Å²) in [5, 5.41) is 0. The Hall–Kier alpha value is -0.123. The number of unbranched alkanes of at least 4 members (excludes halogenated alkanes) is 2. The Morgan fingerprint density at radius 2 is 1.73 bits per heavy atom. The molecule has 0 amide bonds. The Labute approximate surface area is 81.0 Å². The van der Waals surface area contributed by atoms with Gasteiger partial charge in [-0.1, -0.05) is 6.42 Å². The summed E-state index contributed by atoms with van der Waals surface area (Å²) in [5.41, 5.74) is 0. The van der Waals surface area contributed by atoms with Crippen molar-refractivity contribution in [2.45, 2.75) is 25.8 Å². The molecule has 0 bridgehead atoms. The van der Waals surface area contributed by atoms with Crippen LogP contribution in [-0.4, -0.2) is 4.57 Å². The van der Waals surface area contributed by atoms with Crippen LogP contribution >= 0.6 is 0 Å². The van der Waals surface area contributed by atoms with E-state index in [0.717, 1.165) is 13.0 Å². The Morgan fingerprint density at radius 3 is 2.27 bits per heavy atom. The molecule has 0 radical (unpaired) electrons. The Bertz CT molecular complexity index is 158. The van der Waals surface area contributed by atoms with Gasteiger partial charge in [0.15, 0.2) is 0 Å². The number of rotatable bonds is 4. The number of hydrogen-bond acceptors (Lipinski definition) is 0. The average molecular weight is 143 g/mol. The van der Waals surface area contributed by atoms with E-state index in [9.17, 15) is 0 Å². The first kappa shape index (κ1) is 10.9. The van der Waals surface area contributed by atoms with Crippen LogP contribution in [0.2, 0.25) is 0 Å². The van der Waals surface area contributed by atoms with E-state index in [-0.39, 0.29) is 18.9 Å². The maximum atomic E-state index is 3.80. The van der Waals surface area contributed by atoms with Gasteiger partial charge in [0.25, 0.3) is 0 Å². The van der Waals surface area contributed by atoms with Gasteiger partial charge in [0.2, 0.25) is 0 Å². The Balaban J connectivity index is 0.000001000. The molecule has 0 spiro atoms. The van der Waals surface area contributed by atoms with Gasteiger partial charge in [-0.2, -0.15) is 6.42 Å². The third kappa shape index (κ3) is 4.34. The van der Waals surface area contributed by atoms with Gasteiger partial charge in [-0.3, -0.25) is 0 Å². The minimum atomic E-state index is 0. The van der Waals surface area contributed by atoms with Gasteiger partial charge >= 0.3 is 18.9 Å². The zero-order valence-corrected chi connectivity index (χ0v) is 7.29. The quantitative estimate of drug-likeness (QED) is 0.304. The van der Waals surface area contributed by atoms with Crippen LogP contribution in [0.5, 0.6) is 0 Å². The smallest absolute Gasteiger partial charge is 0.354 e. The van der Waals surface area contributed by atoms with Crippen molar-refractivity contribution in [1.29, 1.82) is 0 Å². The first-order chi connectivity index (χ1) is 4.93. The predicted octanol–water partition coefficient (Wildman–Crippen LogP) is -0.504. The van der Waals surface area contributed by atoms with Crippen molar-refractivity contribution < 1.29 is 18.9 Å². The topological polar surface area (TPSA) is 4.93 Å². The summed E-state index contributed by atoms with van der Waals surface area (Å²) < 4.78 is 2.20. The van der Waals surface area contributed by atoms with Crippen LogP contribution in [0.25, 0.3) is 0 Å². The van der Waals surface area contributed by atoms with E-state index >= 15 is 0 Å². The van der Waals surface area contributed by atoms with E-state index in [4.69, 9.17) is 0 Å². The normalized spacial score (nSPS) is 9.18. The first-order valence-corrected chi connectivity index (χ1v) is 3.83. The van der Waals surface area contributed by atoms with Gasteiger partial charge in [-0.15, -0.1) is 0 Å². The number of aromatic nitrogens is 1. The molecular formula is C9H14LiN. The molecule has 0 atom stereocenters. The number of hydrogen-bond donors (Lipinski definition) is 0. The van der Waals surface area contributed by atoms with Gasteiger partial charge in [0.1, 0.15) is 0 Å². The van der Waals surface area contributed by atoms with Crippen LogP contribution in [0.15, 0.2) is 24.5 Å². The summed E-state index contributed by atoms with van der Waals surface area (Å²) in [5.74, 6) is 0. The van der Waals surface area contributed by atoms with E-state index in [1.165, 1.54) is 12.8 Å². The van der Waals surface area contributed by atoms with Crippen molar-refractivity contribution >= 4 is 0 Å². The second kappa shape index (κ2) is 6.58. The zero-order chi connectivity index (χ0) is 7.23. The van der Waals surface area contributed by atoms with Crippen LogP contribution < -0.4 is 18.9 Å². The SMILES string of the molecule is [CH2-]CCCCn1cccc1.[Li+]. The van der Waals surface area contributed by atoms with Gasteiger partial charge in [-0.05, 0) is 18.6 Å². The van der Waals surface area contributed by atoms with Crippen molar-refractivity contribution in [2.75, 3.05) is 0 Å². The molecule has 1 aromatic rings. The molecule has 11 heavy (non-hydrogen) atoms. The molecule has 0 N–H and O–H groups in total. The molecule has 0 aliphatic heterocycles. The van der Waals surface area contributed by atoms with Gasteiger partial charge in [0, 0.05) is 18.9 Å². The Morgan fingerprint density at radius 1 is 1.09 bits per heavy atom. The average Bonchev–Trinajstić information content (AvgIpc) is 2.41. The van der Waals surface area contributed by atoms with E-state index in [0.29, 0.717) is 0 Å². The molecule has 0 unspecified atom stereocenters. The molecule has 56 valence electrons. The van der Waals surface area contributed by atoms with Crippen LogP contribution in [0.4, 0.5) is 0 Å². The fraction of sp³-hybridized carbons (Fsp3) is 0.444. The largest absolute Gasteiger partial charge is 1.00 e. The third-order valence-corrected chi connectivity index (χ3v) is 1.58. The molecule has 1 rings (SSSR count). The minimum Gasteiger partial charge on any atom is -0.354 e. The summed E-state index contributed by atoms with van der Waals surface area (Å²) in [4.78, 5) is 0. The Kier molecular flexibility index (Phi) is 6.51. The molecule has 1 aromatic heterocycles. The van der Waals surface area contributed by atoms with Gasteiger partial charge < -0.3 is 11.5 Å². The van der Waals surface area contributed by atoms with E-state index in [2.05, 4.69) is 36.0 Å². The van der Waals surface area contributed by atoms with Gasteiger partial charge in [0.05, 0.1) is 0 Å². The second-order valence-electron chi connectivity index (χ2n) is 2.48. The molecule has 0 fully saturated rings. The molecule has 0 aliphatic carbocycles. The van der Waals surface area contributed by atoms with Gasteiger partial charge in [-0.25, -0.2) is 0 Å². The first-order valence-electron chi connectivity index (χ1n) is 3.83. The van der Waals surface area contributed by atoms with E-state index in [1.54, 1.807) is 0 Å². The fourth-order valence-electron chi connectivity index (χ4n) is 0.990. The van der Waals surface area contributed by atoms with Crippen molar-refractivity contribution in [3.63, 3.8) is 0 Å². The molecule has 0 saturated heterocycles. The van der Waals surface area contributed by atoms with Crippen molar-refractivity contribution in [3.05, 3.63) is 31.5 Å². The molecule has 1 heterocycles. The fourth-order valence-corrected chi connectivity index (χ4v) is 0.990. The van der Waals surface area contributed by atoms with Crippen LogP contribution in [0, 0.1) is 6.92 Å². The minimum absolute atomic E-state index is 0. The number of nitrogens with zero attached hydrogens (tertiary/aromatic N) is 1. The summed E-state index contributed by atoms with van der Waals surface area (Å²) in [6.07, 6.45) is 7.74. The summed E-state index contributed by atoms with van der Waals surface area (Å²) in [6, 6.07) is 4.12. The van der Waals surface area contributed by atoms with Crippen LogP contribution in [-0.2, 0) is 6.54 Å². The van der Waals surface area contributed by atoms with Crippen LogP contribution in [0.1, 0.15) is 19.3 Å². The summed E-state index contributed by atoms with van der Waals surface area (Å²) >= 11 is 0. The summed E-state index contributed by atoms with van der Waals surface area (Å²) in [7, 11) is 0. The second-order valence-corrected chi connectivity index (χ2v) is 2.48. The predicted molar refractivity (Wildman–Crippen MR) is 43.6 cm³/mol. The molecule has 0 aromatic carbocycles. The maximum absolute atomic E-state index is 3.80.